The molecule has 5 aromatic rings. The quantitative estimate of drug-likeness (QED) is 0.0395. The van der Waals surface area contributed by atoms with Crippen molar-refractivity contribution in [1.82, 2.24) is 16.1 Å². The van der Waals surface area contributed by atoms with E-state index < -0.39 is 23.9 Å². The van der Waals surface area contributed by atoms with Gasteiger partial charge in [-0.1, -0.05) is 36.4 Å². The van der Waals surface area contributed by atoms with Crippen LogP contribution in [-0.2, 0) is 45.2 Å². The largest absolute Gasteiger partial charge is 0.493 e. The molecule has 0 fully saturated rings. The van der Waals surface area contributed by atoms with E-state index in [1.165, 1.54) is 34.3 Å². The Kier molecular flexibility index (Phi) is 16.0. The van der Waals surface area contributed by atoms with Gasteiger partial charge in [0, 0.05) is 75.4 Å². The number of methoxy groups -OCH3 is 2. The molecule has 6 amide bonds. The average molecular weight is 1050 g/mol. The van der Waals surface area contributed by atoms with E-state index in [2.05, 4.69) is 48.4 Å². The van der Waals surface area contributed by atoms with Gasteiger partial charge in [0.05, 0.1) is 48.8 Å². The Balaban J connectivity index is 0.932. The molecule has 4 atom stereocenters. The van der Waals surface area contributed by atoms with Gasteiger partial charge in [0.2, 0.25) is 23.6 Å². The number of likely N-dealkylation sites (N-methyl/N-ethyl adjacent to an activating group) is 2. The minimum atomic E-state index is -1.02. The van der Waals surface area contributed by atoms with E-state index in [1.807, 2.05) is 78.5 Å². The maximum Gasteiger partial charge on any atom is 0.260 e. The van der Waals surface area contributed by atoms with E-state index in [9.17, 15) is 28.8 Å². The Bertz CT molecular complexity index is 2980. The van der Waals surface area contributed by atoms with Gasteiger partial charge < -0.3 is 54.5 Å². The maximum absolute atomic E-state index is 14.3. The smallest absolute Gasteiger partial charge is 0.260 e. The Morgan fingerprint density at radius 2 is 1.10 bits per heavy atom. The molecular formula is C58H65N9O10. The molecule has 4 aliphatic rings. The minimum Gasteiger partial charge on any atom is -0.493 e. The van der Waals surface area contributed by atoms with Crippen molar-refractivity contribution >= 4 is 70.1 Å². The van der Waals surface area contributed by atoms with Crippen LogP contribution in [0.1, 0.15) is 89.4 Å². The predicted molar refractivity (Wildman–Crippen MR) is 294 cm³/mol. The van der Waals surface area contributed by atoms with Crippen LogP contribution >= 0.6 is 0 Å². The van der Waals surface area contributed by atoms with Crippen molar-refractivity contribution in [2.24, 2.45) is 5.10 Å². The molecule has 9 rings (SSSR count). The molecule has 0 saturated heterocycles. The normalized spacial score (nSPS) is 16.9. The highest BCUT2D eigenvalue weighted by atomic mass is 16.5. The van der Waals surface area contributed by atoms with E-state index in [-0.39, 0.29) is 61.8 Å². The number of unbranched alkanes of at least 4 members (excludes halogenated alkanes) is 1. The minimum absolute atomic E-state index is 0.00557. The first-order valence-electron chi connectivity index (χ1n) is 25.9. The number of para-hydroxylation sites is 2. The number of carbonyl (C=O) groups is 6. The molecule has 402 valence electrons. The van der Waals surface area contributed by atoms with Gasteiger partial charge in [-0.05, 0) is 111 Å². The molecule has 5 aromatic carbocycles. The molecule has 0 aliphatic carbocycles. The summed E-state index contributed by atoms with van der Waals surface area (Å²) in [5.41, 5.74) is 10.5. The number of nitrogens with zero attached hydrogens (tertiary/aromatic N) is 5. The molecule has 0 unspecified atom stereocenters. The molecule has 77 heavy (non-hydrogen) atoms. The number of nitrogens with one attached hydrogen (secondary N) is 4. The highest BCUT2D eigenvalue weighted by molar-refractivity contribution is 6.13. The van der Waals surface area contributed by atoms with E-state index in [1.54, 1.807) is 31.2 Å². The summed E-state index contributed by atoms with van der Waals surface area (Å²) in [6.45, 7) is 5.96. The molecule has 4 N–H and O–H groups in total. The van der Waals surface area contributed by atoms with Crippen molar-refractivity contribution in [3.05, 3.63) is 124 Å². The van der Waals surface area contributed by atoms with Gasteiger partial charge in [-0.15, -0.1) is 0 Å². The van der Waals surface area contributed by atoms with Crippen molar-refractivity contribution in [1.29, 1.82) is 0 Å². The summed E-state index contributed by atoms with van der Waals surface area (Å²) < 4.78 is 24.7. The number of hydrazone groups is 1. The second-order valence-corrected chi connectivity index (χ2v) is 19.9. The first-order valence-corrected chi connectivity index (χ1v) is 25.9. The van der Waals surface area contributed by atoms with Crippen LogP contribution in [0.15, 0.2) is 96.1 Å². The summed E-state index contributed by atoms with van der Waals surface area (Å²) in [4.78, 5) is 88.0. The molecule has 0 bridgehead atoms. The van der Waals surface area contributed by atoms with Gasteiger partial charge in [0.25, 0.3) is 11.8 Å². The van der Waals surface area contributed by atoms with Gasteiger partial charge >= 0.3 is 0 Å². The summed E-state index contributed by atoms with van der Waals surface area (Å²) in [7, 11) is 6.97. The Labute approximate surface area is 447 Å². The first-order chi connectivity index (χ1) is 37.1. The van der Waals surface area contributed by atoms with Crippen molar-refractivity contribution in [3.8, 4) is 23.0 Å². The molecular weight excluding hydrogens is 983 g/mol. The summed E-state index contributed by atoms with van der Waals surface area (Å²) in [5.74, 6) is -0.409. The number of hydrogen-bond acceptors (Lipinski definition) is 13. The van der Waals surface area contributed by atoms with Gasteiger partial charge in [0.15, 0.2) is 23.0 Å². The van der Waals surface area contributed by atoms with Gasteiger partial charge in [0.1, 0.15) is 25.3 Å². The topological polar surface area (TPSA) is 213 Å². The predicted octanol–water partition coefficient (Wildman–Crippen LogP) is 6.53. The Morgan fingerprint density at radius 1 is 0.623 bits per heavy atom. The molecule has 4 heterocycles. The fourth-order valence-corrected chi connectivity index (χ4v) is 10.6. The lowest BCUT2D eigenvalue weighted by Gasteiger charge is -2.25. The summed E-state index contributed by atoms with van der Waals surface area (Å²) in [5, 5.41) is 12.0. The fourth-order valence-electron chi connectivity index (χ4n) is 10.6. The maximum atomic E-state index is 14.3. The van der Waals surface area contributed by atoms with E-state index in [0.717, 1.165) is 35.3 Å². The number of ether oxygens (including phenoxy) is 4. The number of benzene rings is 5. The highest BCUT2D eigenvalue weighted by Gasteiger charge is 2.41. The Hall–Kier alpha value is -8.61. The lowest BCUT2D eigenvalue weighted by molar-refractivity contribution is -0.130. The molecule has 0 spiro atoms. The molecule has 0 radical (unpaired) electrons. The highest BCUT2D eigenvalue weighted by Crippen LogP contribution is 2.44. The first kappa shape index (κ1) is 53.2. The van der Waals surface area contributed by atoms with Crippen LogP contribution in [0.2, 0.25) is 0 Å². The van der Waals surface area contributed by atoms with Crippen molar-refractivity contribution < 1.29 is 47.7 Å². The van der Waals surface area contributed by atoms with Crippen LogP contribution in [0.5, 0.6) is 23.0 Å². The summed E-state index contributed by atoms with van der Waals surface area (Å²) in [6.07, 6.45) is 4.17. The second kappa shape index (κ2) is 23.1. The lowest BCUT2D eigenvalue weighted by atomic mass is 10.1. The van der Waals surface area contributed by atoms with Crippen molar-refractivity contribution in [2.75, 3.05) is 66.3 Å². The third kappa shape index (κ3) is 11.5. The van der Waals surface area contributed by atoms with Crippen molar-refractivity contribution in [2.45, 2.75) is 96.7 Å². The van der Waals surface area contributed by atoms with E-state index in [4.69, 9.17) is 18.9 Å². The third-order valence-corrected chi connectivity index (χ3v) is 14.4. The number of amides is 6. The molecule has 4 aliphatic heterocycles. The van der Waals surface area contributed by atoms with Gasteiger partial charge in [-0.3, -0.25) is 28.8 Å². The standard InChI is InChI=1S/C58H65N9O10/c1-8-59-63-54(69)20-14-13-19-53(68)60-34(2)55(70)61-35(3)56(71)62-40-22-36(32-76-51-28-47-43(26-49(51)74-6)57(72)66-41(30-64(47)4)24-38-15-9-11-17-45(38)66)21-37(23-40)33-77-52-29-48-44(27-50(52)75-7)58(73)67-42(31-65(48)5)25-39-16-10-12-18-46(39)67/h8-12,15-18,21-23,26-29,34-35,41-42H,13-14,19-20,24-25,30-33H2,1-7H3,(H,60,68)(H,61,70)(H,62,71)(H,63,69)/t34-,35-,41-,42-/m0/s1. The second-order valence-electron chi connectivity index (χ2n) is 19.9. The van der Waals surface area contributed by atoms with Crippen LogP contribution in [0.3, 0.4) is 0 Å². The van der Waals surface area contributed by atoms with Gasteiger partial charge in [-0.25, -0.2) is 5.43 Å². The van der Waals surface area contributed by atoms with Crippen molar-refractivity contribution in [3.63, 3.8) is 0 Å². The number of rotatable bonds is 19. The lowest BCUT2D eigenvalue weighted by Crippen LogP contribution is -2.50. The van der Waals surface area contributed by atoms with Crippen LogP contribution in [0.25, 0.3) is 0 Å². The summed E-state index contributed by atoms with van der Waals surface area (Å²) >= 11 is 0. The third-order valence-electron chi connectivity index (χ3n) is 14.4. The zero-order valence-electron chi connectivity index (χ0n) is 44.4. The SMILES string of the molecule is CC=NNC(=O)CCCCC(=O)N[C@@H](C)C(=O)N[C@@H](C)C(=O)Nc1cc(COc2cc3c(cc2OC)C(=O)N2c4ccccc4C[C@H]2CN3C)cc(COc2cc3c(cc2OC)C(=O)N2c4ccccc4C[C@H]2CN3C)c1. The van der Waals surface area contributed by atoms with Crippen LogP contribution < -0.4 is 59.9 Å². The van der Waals surface area contributed by atoms with Crippen LogP contribution in [0, 0.1) is 0 Å². The fraction of sp³-hybridized carbons (Fsp3) is 0.362. The van der Waals surface area contributed by atoms with Gasteiger partial charge in [-0.2, -0.15) is 5.10 Å². The number of carbonyl (C=O) groups excluding carboxylic acids is 6. The van der Waals surface area contributed by atoms with E-state index in [0.29, 0.717) is 88.2 Å². The zero-order chi connectivity index (χ0) is 54.5. The van der Waals surface area contributed by atoms with Crippen LogP contribution in [0.4, 0.5) is 28.4 Å². The summed E-state index contributed by atoms with van der Waals surface area (Å²) in [6, 6.07) is 26.4. The molecule has 19 heteroatoms. The molecule has 0 saturated carbocycles. The number of fused-ring (bicyclic) bond motifs is 8. The molecule has 19 nitrogen and oxygen atoms in total. The zero-order valence-corrected chi connectivity index (χ0v) is 44.4. The van der Waals surface area contributed by atoms with Crippen LogP contribution in [-0.4, -0.2) is 107 Å². The number of hydrogen-bond donors (Lipinski definition) is 4. The molecule has 0 aromatic heterocycles. The van der Waals surface area contributed by atoms with E-state index >= 15 is 0 Å². The Morgan fingerprint density at radius 3 is 1.60 bits per heavy atom. The average Bonchev–Trinajstić information content (AvgIpc) is 3.93. The monoisotopic (exact) mass is 1050 g/mol. The number of anilines is 5.